The molecule has 0 radical (unpaired) electrons. The number of hydrogen-bond donors (Lipinski definition) is 1. The van der Waals surface area contributed by atoms with Gasteiger partial charge in [0.2, 0.25) is 5.91 Å². The van der Waals surface area contributed by atoms with Crippen molar-refractivity contribution in [2.45, 2.75) is 45.7 Å². The Morgan fingerprint density at radius 1 is 1.43 bits per heavy atom. The summed E-state index contributed by atoms with van der Waals surface area (Å²) in [6.45, 7) is 6.39. The Hall–Kier alpha value is -1.42. The first-order valence-electron chi connectivity index (χ1n) is 7.81. The Bertz CT molecular complexity index is 470. The van der Waals surface area contributed by atoms with Crippen molar-refractivity contribution in [3.05, 3.63) is 35.6 Å². The van der Waals surface area contributed by atoms with Crippen LogP contribution in [0.25, 0.3) is 0 Å². The lowest BCUT2D eigenvalue weighted by Crippen LogP contribution is -2.36. The zero-order chi connectivity index (χ0) is 15.2. The van der Waals surface area contributed by atoms with Crippen LogP contribution in [0.15, 0.2) is 24.3 Å². The fourth-order valence-corrected chi connectivity index (χ4v) is 2.80. The highest BCUT2D eigenvalue weighted by molar-refractivity contribution is 5.76. The van der Waals surface area contributed by atoms with Crippen molar-refractivity contribution in [1.82, 2.24) is 10.2 Å². The maximum atomic E-state index is 13.8. The molecule has 0 spiro atoms. The lowest BCUT2D eigenvalue weighted by Gasteiger charge is -2.27. The number of rotatable bonds is 6. The maximum Gasteiger partial charge on any atom is 0.223 e. The number of carbonyl (C=O) groups excluding carboxylic acids is 1. The van der Waals surface area contributed by atoms with Gasteiger partial charge in [0.25, 0.3) is 0 Å². The number of benzene rings is 1. The molecular formula is C17H25FN2O. The molecule has 1 aliphatic heterocycles. The average molecular weight is 292 g/mol. The Labute approximate surface area is 126 Å². The largest absolute Gasteiger partial charge is 0.336 e. The van der Waals surface area contributed by atoms with Crippen molar-refractivity contribution >= 4 is 5.91 Å². The Morgan fingerprint density at radius 3 is 2.81 bits per heavy atom. The quantitative estimate of drug-likeness (QED) is 0.874. The Balaban J connectivity index is 1.94. The van der Waals surface area contributed by atoms with Crippen LogP contribution in [0.5, 0.6) is 0 Å². The minimum absolute atomic E-state index is 0.0822. The van der Waals surface area contributed by atoms with Crippen LogP contribution in [0.2, 0.25) is 0 Å². The van der Waals surface area contributed by atoms with Gasteiger partial charge in [0.15, 0.2) is 0 Å². The van der Waals surface area contributed by atoms with E-state index in [9.17, 15) is 9.18 Å². The van der Waals surface area contributed by atoms with Crippen LogP contribution < -0.4 is 5.32 Å². The lowest BCUT2D eigenvalue weighted by molar-refractivity contribution is -0.133. The number of halogens is 1. The van der Waals surface area contributed by atoms with Gasteiger partial charge < -0.3 is 10.2 Å². The summed E-state index contributed by atoms with van der Waals surface area (Å²) in [6, 6.07) is 6.76. The summed E-state index contributed by atoms with van der Waals surface area (Å²) >= 11 is 0. The second kappa shape index (κ2) is 7.55. The molecule has 0 bridgehead atoms. The van der Waals surface area contributed by atoms with E-state index in [1.54, 1.807) is 17.0 Å². The lowest BCUT2D eigenvalue weighted by atomic mass is 10.0. The zero-order valence-electron chi connectivity index (χ0n) is 12.9. The van der Waals surface area contributed by atoms with Crippen LogP contribution in [-0.4, -0.2) is 29.9 Å². The molecule has 1 amide bonds. The molecule has 1 saturated heterocycles. The summed E-state index contributed by atoms with van der Waals surface area (Å²) in [5.41, 5.74) is 0.585. The van der Waals surface area contributed by atoms with Crippen molar-refractivity contribution in [2.24, 2.45) is 5.92 Å². The molecule has 116 valence electrons. The van der Waals surface area contributed by atoms with E-state index < -0.39 is 0 Å². The van der Waals surface area contributed by atoms with E-state index >= 15 is 0 Å². The van der Waals surface area contributed by atoms with Crippen LogP contribution in [-0.2, 0) is 11.3 Å². The molecule has 1 N–H and O–H groups in total. The van der Waals surface area contributed by atoms with Crippen LogP contribution in [0, 0.1) is 11.7 Å². The van der Waals surface area contributed by atoms with Crippen molar-refractivity contribution < 1.29 is 9.18 Å². The number of hydrogen-bond acceptors (Lipinski definition) is 2. The molecule has 0 aromatic heterocycles. The molecule has 1 aromatic rings. The standard InChI is InChI=1S/C17H25FN2O/c1-13(2)20(12-15-5-3-4-6-16(15)18)17(21)8-7-14-9-10-19-11-14/h3-6,13-14,19H,7-12H2,1-2H3. The molecule has 1 atom stereocenters. The Kier molecular flexibility index (Phi) is 5.74. The van der Waals surface area contributed by atoms with E-state index in [0.29, 0.717) is 24.4 Å². The summed E-state index contributed by atoms with van der Waals surface area (Å²) < 4.78 is 13.8. The summed E-state index contributed by atoms with van der Waals surface area (Å²) in [6.07, 6.45) is 2.63. The number of carbonyl (C=O) groups is 1. The van der Waals surface area contributed by atoms with Gasteiger partial charge in [-0.05, 0) is 51.8 Å². The van der Waals surface area contributed by atoms with Gasteiger partial charge in [-0.15, -0.1) is 0 Å². The van der Waals surface area contributed by atoms with E-state index in [1.807, 2.05) is 19.9 Å². The molecule has 1 aliphatic rings. The summed E-state index contributed by atoms with van der Waals surface area (Å²) in [5, 5.41) is 3.32. The normalized spacial score (nSPS) is 18.2. The predicted molar refractivity (Wildman–Crippen MR) is 82.3 cm³/mol. The van der Waals surface area contributed by atoms with Gasteiger partial charge in [-0.25, -0.2) is 4.39 Å². The summed E-state index contributed by atoms with van der Waals surface area (Å²) in [5.74, 6) is 0.493. The third-order valence-corrected chi connectivity index (χ3v) is 4.17. The van der Waals surface area contributed by atoms with Gasteiger partial charge in [-0.3, -0.25) is 4.79 Å². The average Bonchev–Trinajstić information content (AvgIpc) is 2.97. The van der Waals surface area contributed by atoms with Gasteiger partial charge >= 0.3 is 0 Å². The second-order valence-corrected chi connectivity index (χ2v) is 6.10. The van der Waals surface area contributed by atoms with Gasteiger partial charge in [0, 0.05) is 24.6 Å². The van der Waals surface area contributed by atoms with Crippen LogP contribution in [0.3, 0.4) is 0 Å². The van der Waals surface area contributed by atoms with E-state index in [4.69, 9.17) is 0 Å². The molecule has 0 saturated carbocycles. The third-order valence-electron chi connectivity index (χ3n) is 4.17. The zero-order valence-corrected chi connectivity index (χ0v) is 12.9. The minimum Gasteiger partial charge on any atom is -0.336 e. The van der Waals surface area contributed by atoms with Crippen molar-refractivity contribution in [3.63, 3.8) is 0 Å². The molecule has 1 unspecified atom stereocenters. The molecule has 0 aliphatic carbocycles. The predicted octanol–water partition coefficient (Wildman–Crippen LogP) is 2.95. The van der Waals surface area contributed by atoms with E-state index in [2.05, 4.69) is 5.32 Å². The van der Waals surface area contributed by atoms with Crippen LogP contribution in [0.1, 0.15) is 38.7 Å². The number of amides is 1. The Morgan fingerprint density at radius 2 is 2.19 bits per heavy atom. The van der Waals surface area contributed by atoms with Gasteiger partial charge in [0.1, 0.15) is 5.82 Å². The van der Waals surface area contributed by atoms with Crippen molar-refractivity contribution in [2.75, 3.05) is 13.1 Å². The highest BCUT2D eigenvalue weighted by Gasteiger charge is 2.21. The topological polar surface area (TPSA) is 32.3 Å². The van der Waals surface area contributed by atoms with Crippen molar-refractivity contribution in [3.8, 4) is 0 Å². The first-order valence-corrected chi connectivity index (χ1v) is 7.81. The maximum absolute atomic E-state index is 13.8. The number of nitrogens with zero attached hydrogens (tertiary/aromatic N) is 1. The van der Waals surface area contributed by atoms with E-state index in [-0.39, 0.29) is 17.8 Å². The summed E-state index contributed by atoms with van der Waals surface area (Å²) in [4.78, 5) is 14.2. The highest BCUT2D eigenvalue weighted by Crippen LogP contribution is 2.18. The minimum atomic E-state index is -0.240. The van der Waals surface area contributed by atoms with Crippen LogP contribution in [0.4, 0.5) is 4.39 Å². The van der Waals surface area contributed by atoms with Crippen LogP contribution >= 0.6 is 0 Å². The van der Waals surface area contributed by atoms with E-state index in [0.717, 1.165) is 25.9 Å². The van der Waals surface area contributed by atoms with Gasteiger partial charge in [-0.1, -0.05) is 18.2 Å². The molecule has 3 nitrogen and oxygen atoms in total. The second-order valence-electron chi connectivity index (χ2n) is 6.10. The smallest absolute Gasteiger partial charge is 0.223 e. The monoisotopic (exact) mass is 292 g/mol. The first-order chi connectivity index (χ1) is 10.1. The molecule has 1 heterocycles. The van der Waals surface area contributed by atoms with Crippen molar-refractivity contribution in [1.29, 1.82) is 0 Å². The highest BCUT2D eigenvalue weighted by atomic mass is 19.1. The molecule has 4 heteroatoms. The molecule has 1 aromatic carbocycles. The van der Waals surface area contributed by atoms with Gasteiger partial charge in [0.05, 0.1) is 0 Å². The third kappa shape index (κ3) is 4.53. The molecule has 1 fully saturated rings. The number of nitrogens with one attached hydrogen (secondary N) is 1. The molecular weight excluding hydrogens is 267 g/mol. The SMILES string of the molecule is CC(C)N(Cc1ccccc1F)C(=O)CCC1CCNC1. The fourth-order valence-electron chi connectivity index (χ4n) is 2.80. The summed E-state index contributed by atoms with van der Waals surface area (Å²) in [7, 11) is 0. The molecule has 21 heavy (non-hydrogen) atoms. The van der Waals surface area contributed by atoms with E-state index in [1.165, 1.54) is 6.07 Å². The first kappa shape index (κ1) is 16.0. The van der Waals surface area contributed by atoms with Gasteiger partial charge in [-0.2, -0.15) is 0 Å². The fraction of sp³-hybridized carbons (Fsp3) is 0.588. The molecule has 2 rings (SSSR count).